The van der Waals surface area contributed by atoms with Gasteiger partial charge in [0.2, 0.25) is 5.91 Å². The number of amides is 1. The first-order valence-corrected chi connectivity index (χ1v) is 7.26. The Morgan fingerprint density at radius 2 is 1.84 bits per heavy atom. The van der Waals surface area contributed by atoms with E-state index in [4.69, 9.17) is 4.74 Å². The van der Waals surface area contributed by atoms with Gasteiger partial charge in [-0.15, -0.1) is 0 Å². The molecule has 4 heteroatoms. The van der Waals surface area contributed by atoms with Crippen LogP contribution in [0, 0.1) is 0 Å². The van der Waals surface area contributed by atoms with E-state index in [1.165, 1.54) is 31.8 Å². The zero-order chi connectivity index (χ0) is 14.5. The summed E-state index contributed by atoms with van der Waals surface area (Å²) in [5.41, 5.74) is 0. The lowest BCUT2D eigenvalue weighted by Crippen LogP contribution is -2.34. The van der Waals surface area contributed by atoms with Crippen LogP contribution in [0.4, 0.5) is 0 Å². The largest absolute Gasteiger partial charge is 0.442 e. The van der Waals surface area contributed by atoms with Crippen LogP contribution in [0.5, 0.6) is 0 Å². The molecule has 0 aromatic heterocycles. The van der Waals surface area contributed by atoms with E-state index in [0.717, 1.165) is 12.8 Å². The van der Waals surface area contributed by atoms with Crippen LogP contribution < -0.4 is 5.32 Å². The second-order valence-electron chi connectivity index (χ2n) is 4.60. The molecule has 0 rings (SSSR count). The Morgan fingerprint density at radius 1 is 1.16 bits per heavy atom. The third kappa shape index (κ3) is 11.5. The van der Waals surface area contributed by atoms with Crippen molar-refractivity contribution in [3.05, 3.63) is 12.2 Å². The Bertz CT molecular complexity index is 287. The van der Waals surface area contributed by atoms with Gasteiger partial charge in [0.25, 0.3) is 0 Å². The van der Waals surface area contributed by atoms with Crippen LogP contribution >= 0.6 is 0 Å². The van der Waals surface area contributed by atoms with Gasteiger partial charge in [0, 0.05) is 6.42 Å². The molecular weight excluding hydrogens is 242 g/mol. The maximum atomic E-state index is 11.5. The average Bonchev–Trinajstić information content (AvgIpc) is 2.37. The van der Waals surface area contributed by atoms with E-state index < -0.39 is 6.23 Å². The predicted octanol–water partition coefficient (Wildman–Crippen LogP) is 3.32. The monoisotopic (exact) mass is 269 g/mol. The Balaban J connectivity index is 3.64. The first kappa shape index (κ1) is 17.7. The van der Waals surface area contributed by atoms with Crippen molar-refractivity contribution in [3.8, 4) is 0 Å². The molecule has 110 valence electrons. The van der Waals surface area contributed by atoms with E-state index >= 15 is 0 Å². The summed E-state index contributed by atoms with van der Waals surface area (Å²) >= 11 is 0. The minimum atomic E-state index is -0.575. The molecule has 1 unspecified atom stereocenters. The van der Waals surface area contributed by atoms with Crippen molar-refractivity contribution in [3.63, 3.8) is 0 Å². The summed E-state index contributed by atoms with van der Waals surface area (Å²) in [5.74, 6) is -0.530. The van der Waals surface area contributed by atoms with Crippen molar-refractivity contribution in [2.45, 2.75) is 71.9 Å². The zero-order valence-electron chi connectivity index (χ0n) is 12.4. The fraction of sp³-hybridized carbons (Fsp3) is 0.733. The number of esters is 1. The van der Waals surface area contributed by atoms with Crippen LogP contribution in [0.25, 0.3) is 0 Å². The molecule has 19 heavy (non-hydrogen) atoms. The highest BCUT2D eigenvalue weighted by molar-refractivity contribution is 5.87. The number of ether oxygens (including phenoxy) is 1. The molecule has 0 saturated heterocycles. The van der Waals surface area contributed by atoms with Crippen LogP contribution in [-0.2, 0) is 14.3 Å². The molecular formula is C15H27NO3. The number of allylic oxidation sites excluding steroid dienone is 1. The van der Waals surface area contributed by atoms with E-state index in [1.54, 1.807) is 13.8 Å². The summed E-state index contributed by atoms with van der Waals surface area (Å²) < 4.78 is 4.94. The molecule has 0 bridgehead atoms. The number of hydrogen-bond donors (Lipinski definition) is 1. The summed E-state index contributed by atoms with van der Waals surface area (Å²) in [5, 5.41) is 2.59. The van der Waals surface area contributed by atoms with E-state index in [2.05, 4.69) is 12.2 Å². The summed E-state index contributed by atoms with van der Waals surface area (Å²) in [6.45, 7) is 5.55. The molecule has 0 saturated carbocycles. The van der Waals surface area contributed by atoms with Crippen molar-refractivity contribution >= 4 is 11.9 Å². The molecule has 4 nitrogen and oxygen atoms in total. The average molecular weight is 269 g/mol. The van der Waals surface area contributed by atoms with Crippen molar-refractivity contribution in [2.24, 2.45) is 0 Å². The molecule has 1 atom stereocenters. The van der Waals surface area contributed by atoms with E-state index in [-0.39, 0.29) is 11.9 Å². The van der Waals surface area contributed by atoms with Gasteiger partial charge in [0.1, 0.15) is 0 Å². The summed E-state index contributed by atoms with van der Waals surface area (Å²) in [6, 6.07) is 0. The quantitative estimate of drug-likeness (QED) is 0.286. The lowest BCUT2D eigenvalue weighted by Gasteiger charge is -2.12. The van der Waals surface area contributed by atoms with Crippen LogP contribution in [0.15, 0.2) is 12.2 Å². The smallest absolute Gasteiger partial charge is 0.307 e. The minimum absolute atomic E-state index is 0.218. The Morgan fingerprint density at radius 3 is 2.47 bits per heavy atom. The van der Waals surface area contributed by atoms with E-state index in [1.807, 2.05) is 6.08 Å². The fourth-order valence-electron chi connectivity index (χ4n) is 1.61. The van der Waals surface area contributed by atoms with Gasteiger partial charge in [-0.25, -0.2) is 0 Å². The summed E-state index contributed by atoms with van der Waals surface area (Å²) in [4.78, 5) is 22.5. The molecule has 1 amide bonds. The molecule has 0 fully saturated rings. The molecule has 0 aromatic carbocycles. The first-order chi connectivity index (χ1) is 9.10. The van der Waals surface area contributed by atoms with E-state index in [9.17, 15) is 9.59 Å². The van der Waals surface area contributed by atoms with Gasteiger partial charge in [-0.1, -0.05) is 45.6 Å². The van der Waals surface area contributed by atoms with Gasteiger partial charge in [-0.05, 0) is 25.8 Å². The Labute approximate surface area is 116 Å². The maximum Gasteiger partial charge on any atom is 0.307 e. The highest BCUT2D eigenvalue weighted by Gasteiger charge is 2.08. The van der Waals surface area contributed by atoms with E-state index in [0.29, 0.717) is 6.42 Å². The standard InChI is InChI=1S/C15H27NO3/c1-4-6-7-8-9-10-11-12-14(17)16-13(3)19-15(18)5-2/h11-13H,4-10H2,1-3H3,(H,16,17). The molecule has 0 heterocycles. The molecule has 0 aliphatic carbocycles. The number of carbonyl (C=O) groups is 2. The van der Waals surface area contributed by atoms with Gasteiger partial charge in [-0.3, -0.25) is 9.59 Å². The van der Waals surface area contributed by atoms with Gasteiger partial charge < -0.3 is 10.1 Å². The lowest BCUT2D eigenvalue weighted by molar-refractivity contribution is -0.150. The van der Waals surface area contributed by atoms with Gasteiger partial charge in [0.15, 0.2) is 6.23 Å². The number of unbranched alkanes of at least 4 members (excludes halogenated alkanes) is 5. The second kappa shape index (κ2) is 11.8. The molecule has 0 aliphatic heterocycles. The highest BCUT2D eigenvalue weighted by Crippen LogP contribution is 2.05. The Hall–Kier alpha value is -1.32. The lowest BCUT2D eigenvalue weighted by atomic mass is 10.1. The predicted molar refractivity (Wildman–Crippen MR) is 76.5 cm³/mol. The number of nitrogens with one attached hydrogen (secondary N) is 1. The number of rotatable bonds is 10. The van der Waals surface area contributed by atoms with Crippen LogP contribution in [0.2, 0.25) is 0 Å². The van der Waals surface area contributed by atoms with Crippen LogP contribution in [0.3, 0.4) is 0 Å². The molecule has 0 radical (unpaired) electrons. The van der Waals surface area contributed by atoms with Gasteiger partial charge >= 0.3 is 5.97 Å². The Kier molecular flexibility index (Phi) is 10.9. The topological polar surface area (TPSA) is 55.4 Å². The highest BCUT2D eigenvalue weighted by atomic mass is 16.6. The zero-order valence-corrected chi connectivity index (χ0v) is 12.4. The van der Waals surface area contributed by atoms with Gasteiger partial charge in [-0.2, -0.15) is 0 Å². The SMILES string of the molecule is CCCCCCCC=CC(=O)NC(C)OC(=O)CC. The fourth-order valence-corrected chi connectivity index (χ4v) is 1.61. The molecule has 0 spiro atoms. The number of hydrogen-bond acceptors (Lipinski definition) is 3. The summed E-state index contributed by atoms with van der Waals surface area (Å²) in [7, 11) is 0. The van der Waals surface area contributed by atoms with Crippen molar-refractivity contribution in [2.75, 3.05) is 0 Å². The first-order valence-electron chi connectivity index (χ1n) is 7.26. The third-order valence-electron chi connectivity index (χ3n) is 2.69. The minimum Gasteiger partial charge on any atom is -0.442 e. The number of carbonyl (C=O) groups excluding carboxylic acids is 2. The maximum absolute atomic E-state index is 11.5. The van der Waals surface area contributed by atoms with Gasteiger partial charge in [0.05, 0.1) is 0 Å². The van der Waals surface area contributed by atoms with Crippen molar-refractivity contribution in [1.82, 2.24) is 5.32 Å². The van der Waals surface area contributed by atoms with Crippen molar-refractivity contribution in [1.29, 1.82) is 0 Å². The summed E-state index contributed by atoms with van der Waals surface area (Å²) in [6.07, 6.45) is 10.2. The third-order valence-corrected chi connectivity index (χ3v) is 2.69. The van der Waals surface area contributed by atoms with Crippen molar-refractivity contribution < 1.29 is 14.3 Å². The normalized spacial score (nSPS) is 12.4. The van der Waals surface area contributed by atoms with Crippen LogP contribution in [0.1, 0.15) is 65.7 Å². The molecule has 0 aromatic rings. The molecule has 0 aliphatic rings. The molecule has 1 N–H and O–H groups in total. The second-order valence-corrected chi connectivity index (χ2v) is 4.60. The van der Waals surface area contributed by atoms with Crippen LogP contribution in [-0.4, -0.2) is 18.1 Å².